The quantitative estimate of drug-likeness (QED) is 0.841. The van der Waals surface area contributed by atoms with E-state index in [2.05, 4.69) is 0 Å². The maximum atomic E-state index is 9.49. The molecule has 1 saturated heterocycles. The van der Waals surface area contributed by atoms with Crippen molar-refractivity contribution in [2.24, 2.45) is 5.89 Å². The standard InChI is InChI=1S/C18H21NO3/c1-19-8-7-18-11-4-5-13(20)17(18)22-16-14(21-2)6-3-10(15(16)18)9-12(11)19/h3-6,11-13,17,20H,7-9H2,1-2H3/t11-,12+,13?,17?,18-/m0/s1/i1D3,2D3,11D,12D,20D. The van der Waals surface area contributed by atoms with Gasteiger partial charge in [-0.3, -0.25) is 0 Å². The van der Waals surface area contributed by atoms with Crippen LogP contribution >= 0.6 is 0 Å². The number of hydrogen-bond acceptors (Lipinski definition) is 4. The van der Waals surface area contributed by atoms with Crippen molar-refractivity contribution in [3.63, 3.8) is 0 Å². The van der Waals surface area contributed by atoms with Crippen molar-refractivity contribution in [1.82, 2.24) is 4.90 Å². The molecule has 0 radical (unpaired) electrons. The molecule has 4 aliphatic rings. The number of ether oxygens (including phenoxy) is 2. The number of benzene rings is 1. The van der Waals surface area contributed by atoms with Gasteiger partial charge in [-0.05, 0) is 38.0 Å². The van der Waals surface area contributed by atoms with Gasteiger partial charge >= 0.3 is 0 Å². The van der Waals surface area contributed by atoms with Crippen molar-refractivity contribution in [3.05, 3.63) is 35.4 Å². The number of aliphatic hydroxyl groups excluding tert-OH is 1. The Balaban J connectivity index is 1.80. The highest BCUT2D eigenvalue weighted by Gasteiger charge is 2.64. The van der Waals surface area contributed by atoms with Crippen molar-refractivity contribution in [2.75, 3.05) is 20.6 Å². The number of nitrogens with zero attached hydrogens (tertiary/aromatic N) is 1. The zero-order valence-corrected chi connectivity index (χ0v) is 11.8. The SMILES string of the molecule is [2H]OC1C=C[C@]2([2H])[C@@]34CCN(C([2H])([2H])[2H])[C@]2([2H])Cc2ccc(OC([2H])([2H])[2H])c(c23)OC14. The zero-order valence-electron chi connectivity index (χ0n) is 20.8. The molecule has 2 bridgehead atoms. The monoisotopic (exact) mass is 308 g/mol. The summed E-state index contributed by atoms with van der Waals surface area (Å²) < 4.78 is 84.0. The van der Waals surface area contributed by atoms with Crippen LogP contribution in [0.1, 0.15) is 28.5 Å². The minimum atomic E-state index is -2.72. The molecule has 2 heterocycles. The summed E-state index contributed by atoms with van der Waals surface area (Å²) in [6.07, 6.45) is 1.27. The number of aliphatic hydroxyl groups is 1. The molecule has 1 N–H and O–H groups in total. The van der Waals surface area contributed by atoms with Crippen molar-refractivity contribution < 1.29 is 25.5 Å². The fraction of sp³-hybridized carbons (Fsp3) is 0.556. The maximum absolute atomic E-state index is 9.49. The number of likely N-dealkylation sites (N-methyl/N-ethyl adjacent to an activating group) is 1. The molecule has 5 atom stereocenters. The van der Waals surface area contributed by atoms with E-state index in [0.717, 1.165) is 4.90 Å². The Hall–Kier alpha value is -1.52. The lowest BCUT2D eigenvalue weighted by atomic mass is 9.53. The predicted molar refractivity (Wildman–Crippen MR) is 82.5 cm³/mol. The predicted octanol–water partition coefficient (Wildman–Crippen LogP) is 1.50. The summed E-state index contributed by atoms with van der Waals surface area (Å²) in [5.41, 5.74) is -0.0106. The molecule has 0 amide bonds. The van der Waals surface area contributed by atoms with Crippen LogP contribution in [0.2, 0.25) is 0 Å². The summed E-state index contributed by atoms with van der Waals surface area (Å²) in [7, 11) is -2.72. The molecular formula is C18H21NO3. The summed E-state index contributed by atoms with van der Waals surface area (Å²) in [6.45, 7) is -2.56. The summed E-state index contributed by atoms with van der Waals surface area (Å²) >= 11 is 0. The van der Waals surface area contributed by atoms with Gasteiger partial charge < -0.3 is 19.5 Å². The van der Waals surface area contributed by atoms with Crippen molar-refractivity contribution >= 4 is 0 Å². The lowest BCUT2D eigenvalue weighted by Crippen LogP contribution is -2.64. The Labute approximate surface area is 143 Å². The molecule has 0 saturated carbocycles. The molecule has 2 aliphatic heterocycles. The third kappa shape index (κ3) is 1.28. The summed E-state index contributed by atoms with van der Waals surface area (Å²) in [5, 5.41) is 4.86. The zero-order chi connectivity index (χ0) is 22.6. The lowest BCUT2D eigenvalue weighted by Gasteiger charge is -2.56. The van der Waals surface area contributed by atoms with Crippen LogP contribution < -0.4 is 9.47 Å². The van der Waals surface area contributed by atoms with E-state index < -0.39 is 43.5 Å². The second-order valence-corrected chi connectivity index (χ2v) is 6.30. The van der Waals surface area contributed by atoms with Gasteiger partial charge in [0.1, 0.15) is 12.2 Å². The van der Waals surface area contributed by atoms with E-state index in [9.17, 15) is 2.74 Å². The van der Waals surface area contributed by atoms with Crippen LogP contribution in [0.25, 0.3) is 0 Å². The van der Waals surface area contributed by atoms with E-state index in [4.69, 9.17) is 24.2 Å². The van der Waals surface area contributed by atoms with E-state index in [1.165, 1.54) is 18.2 Å². The average molecular weight is 308 g/mol. The molecular weight excluding hydrogens is 278 g/mol. The summed E-state index contributed by atoms with van der Waals surface area (Å²) in [6, 6.07) is 1.23. The molecule has 5 rings (SSSR count). The van der Waals surface area contributed by atoms with Gasteiger partial charge in [-0.1, -0.05) is 18.2 Å². The van der Waals surface area contributed by atoms with Crippen LogP contribution in [0.4, 0.5) is 0 Å². The molecule has 1 spiro atoms. The van der Waals surface area contributed by atoms with Crippen molar-refractivity contribution in [3.8, 4) is 11.5 Å². The fourth-order valence-electron chi connectivity index (χ4n) is 4.58. The Kier molecular flexibility index (Phi) is 1.28. The van der Waals surface area contributed by atoms with Gasteiger partial charge in [-0.15, -0.1) is 0 Å². The van der Waals surface area contributed by atoms with Crippen LogP contribution in [-0.2, 0) is 11.8 Å². The number of methoxy groups -OCH3 is 1. The number of piperidine rings is 1. The Morgan fingerprint density at radius 3 is 3.41 bits per heavy atom. The number of likely N-dealkylation sites (tertiary alicyclic amines) is 1. The van der Waals surface area contributed by atoms with E-state index in [1.54, 1.807) is 6.07 Å². The maximum Gasteiger partial charge on any atom is 0.211 e. The first-order valence-electron chi connectivity index (χ1n) is 11.8. The average Bonchev–Trinajstić information content (AvgIpc) is 2.97. The minimum absolute atomic E-state index is 0.00987. The Bertz CT molecular complexity index is 979. The number of rotatable bonds is 2. The Morgan fingerprint density at radius 1 is 1.55 bits per heavy atom. The summed E-state index contributed by atoms with van der Waals surface area (Å²) in [4.78, 5) is 1.09. The molecule has 116 valence electrons. The molecule has 4 nitrogen and oxygen atoms in total. The molecule has 2 aliphatic carbocycles. The van der Waals surface area contributed by atoms with Crippen LogP contribution in [0.15, 0.2) is 24.3 Å². The second kappa shape index (κ2) is 4.06. The molecule has 1 fully saturated rings. The molecule has 1 aromatic rings. The molecule has 2 unspecified atom stereocenters. The second-order valence-electron chi connectivity index (χ2n) is 6.30. The minimum Gasteiger partial charge on any atom is -0.493 e. The van der Waals surface area contributed by atoms with Gasteiger partial charge in [0.2, 0.25) is 1.43 Å². The largest absolute Gasteiger partial charge is 0.493 e. The van der Waals surface area contributed by atoms with Crippen LogP contribution in [-0.4, -0.2) is 50.2 Å². The molecule has 4 heteroatoms. The molecule has 1 aromatic carbocycles. The number of hydrogen-bond donors (Lipinski definition) is 1. The highest BCUT2D eigenvalue weighted by atomic mass is 16.5. The van der Waals surface area contributed by atoms with Crippen LogP contribution in [0, 0.1) is 5.89 Å². The van der Waals surface area contributed by atoms with Gasteiger partial charge in [-0.2, -0.15) is 0 Å². The van der Waals surface area contributed by atoms with E-state index in [-0.39, 0.29) is 30.9 Å². The lowest BCUT2D eigenvalue weighted by molar-refractivity contribution is -0.0453. The highest BCUT2D eigenvalue weighted by molar-refractivity contribution is 5.62. The highest BCUT2D eigenvalue weighted by Crippen LogP contribution is 2.62. The molecule has 0 aromatic heterocycles. The van der Waals surface area contributed by atoms with Gasteiger partial charge in [-0.25, -0.2) is 0 Å². The van der Waals surface area contributed by atoms with Crippen molar-refractivity contribution in [1.29, 1.82) is 1.43 Å². The summed E-state index contributed by atoms with van der Waals surface area (Å²) in [5.74, 6) is -1.57. The molecule has 22 heavy (non-hydrogen) atoms. The van der Waals surface area contributed by atoms with Crippen LogP contribution in [0.5, 0.6) is 11.5 Å². The third-order valence-electron chi connectivity index (χ3n) is 5.45. The third-order valence-corrected chi connectivity index (χ3v) is 5.45. The van der Waals surface area contributed by atoms with Crippen molar-refractivity contribution in [2.45, 2.75) is 36.5 Å². The van der Waals surface area contributed by atoms with E-state index in [1.807, 2.05) is 0 Å². The fourth-order valence-corrected chi connectivity index (χ4v) is 4.58. The van der Waals surface area contributed by atoms with Crippen LogP contribution in [0.3, 0.4) is 0 Å². The van der Waals surface area contributed by atoms with Gasteiger partial charge in [0.15, 0.2) is 11.5 Å². The first kappa shape index (κ1) is 6.93. The van der Waals surface area contributed by atoms with E-state index >= 15 is 0 Å². The van der Waals surface area contributed by atoms with E-state index in [0.29, 0.717) is 11.1 Å². The Morgan fingerprint density at radius 2 is 2.55 bits per heavy atom. The normalized spacial score (nSPS) is 54.8. The first-order chi connectivity index (χ1) is 14.3. The van der Waals surface area contributed by atoms with Gasteiger partial charge in [0, 0.05) is 29.7 Å². The van der Waals surface area contributed by atoms with Gasteiger partial charge in [0.25, 0.3) is 0 Å². The smallest absolute Gasteiger partial charge is 0.211 e. The first-order valence-corrected chi connectivity index (χ1v) is 7.40. The topological polar surface area (TPSA) is 41.9 Å². The van der Waals surface area contributed by atoms with Gasteiger partial charge in [0.05, 0.1) is 11.2 Å².